The van der Waals surface area contributed by atoms with Gasteiger partial charge in [0.15, 0.2) is 0 Å². The molecule has 0 bridgehead atoms. The molecular weight excluding hydrogens is 380 g/mol. The summed E-state index contributed by atoms with van der Waals surface area (Å²) in [4.78, 5) is 23.7. The minimum absolute atomic E-state index is 0.139. The molecular formula is C20H24N2O5S. The third-order valence-corrected chi connectivity index (χ3v) is 5.25. The zero-order valence-corrected chi connectivity index (χ0v) is 17.0. The van der Waals surface area contributed by atoms with Gasteiger partial charge in [0.2, 0.25) is 15.9 Å². The molecule has 1 N–H and O–H groups in total. The predicted molar refractivity (Wildman–Crippen MR) is 109 cm³/mol. The van der Waals surface area contributed by atoms with Crippen molar-refractivity contribution >= 4 is 33.3 Å². The van der Waals surface area contributed by atoms with Crippen molar-refractivity contribution in [2.24, 2.45) is 0 Å². The number of sulfonamides is 1. The van der Waals surface area contributed by atoms with Crippen LogP contribution in [0.3, 0.4) is 0 Å². The quantitative estimate of drug-likeness (QED) is 0.683. The summed E-state index contributed by atoms with van der Waals surface area (Å²) in [6.45, 7) is 2.12. The van der Waals surface area contributed by atoms with Gasteiger partial charge in [-0.1, -0.05) is 23.8 Å². The molecule has 150 valence electrons. The van der Waals surface area contributed by atoms with E-state index in [9.17, 15) is 18.0 Å². The first-order chi connectivity index (χ1) is 13.2. The fourth-order valence-corrected chi connectivity index (χ4v) is 3.61. The third-order valence-electron chi connectivity index (χ3n) is 4.05. The molecule has 0 aliphatic carbocycles. The Morgan fingerprint density at radius 3 is 2.39 bits per heavy atom. The van der Waals surface area contributed by atoms with Crippen molar-refractivity contribution in [1.82, 2.24) is 0 Å². The van der Waals surface area contributed by atoms with Gasteiger partial charge in [-0.05, 0) is 43.7 Å². The highest BCUT2D eigenvalue weighted by Crippen LogP contribution is 2.19. The number of rotatable bonds is 8. The second-order valence-electron chi connectivity index (χ2n) is 6.39. The van der Waals surface area contributed by atoms with Crippen molar-refractivity contribution in [3.63, 3.8) is 0 Å². The van der Waals surface area contributed by atoms with Gasteiger partial charge in [0.25, 0.3) is 0 Å². The molecule has 0 fully saturated rings. The Morgan fingerprint density at radius 1 is 1.11 bits per heavy atom. The first-order valence-electron chi connectivity index (χ1n) is 8.73. The van der Waals surface area contributed by atoms with Crippen LogP contribution in [0.15, 0.2) is 48.5 Å². The molecule has 28 heavy (non-hydrogen) atoms. The normalized spacial score (nSPS) is 11.0. The van der Waals surface area contributed by atoms with Gasteiger partial charge in [-0.25, -0.2) is 13.2 Å². The number of nitrogens with one attached hydrogen (secondary N) is 1. The molecule has 2 aromatic rings. The predicted octanol–water partition coefficient (Wildman–Crippen LogP) is 2.97. The van der Waals surface area contributed by atoms with Gasteiger partial charge in [-0.3, -0.25) is 9.10 Å². The van der Waals surface area contributed by atoms with Crippen molar-refractivity contribution in [2.75, 3.05) is 29.5 Å². The maximum absolute atomic E-state index is 12.2. The number of esters is 1. The summed E-state index contributed by atoms with van der Waals surface area (Å²) in [5, 5.41) is 2.71. The zero-order valence-electron chi connectivity index (χ0n) is 16.1. The average molecular weight is 404 g/mol. The van der Waals surface area contributed by atoms with E-state index in [-0.39, 0.29) is 18.9 Å². The monoisotopic (exact) mass is 404 g/mol. The van der Waals surface area contributed by atoms with Crippen molar-refractivity contribution in [3.05, 3.63) is 59.7 Å². The lowest BCUT2D eigenvalue weighted by Gasteiger charge is -2.22. The highest BCUT2D eigenvalue weighted by atomic mass is 32.2. The van der Waals surface area contributed by atoms with Crippen LogP contribution < -0.4 is 9.62 Å². The second kappa shape index (κ2) is 9.36. The van der Waals surface area contributed by atoms with E-state index in [1.54, 1.807) is 30.3 Å². The molecule has 2 rings (SSSR count). The molecule has 1 amide bonds. The Balaban J connectivity index is 1.96. The van der Waals surface area contributed by atoms with Gasteiger partial charge in [-0.2, -0.15) is 0 Å². The molecule has 0 saturated heterocycles. The SMILES string of the molecule is COC(=O)c1cccc(NC(=O)CCCN(c2ccc(C)cc2)S(C)(=O)=O)c1. The van der Waals surface area contributed by atoms with Gasteiger partial charge in [0.05, 0.1) is 24.6 Å². The number of amides is 1. The molecule has 0 atom stereocenters. The average Bonchev–Trinajstić information content (AvgIpc) is 2.65. The summed E-state index contributed by atoms with van der Waals surface area (Å²) >= 11 is 0. The molecule has 2 aromatic carbocycles. The van der Waals surface area contributed by atoms with E-state index < -0.39 is 16.0 Å². The van der Waals surface area contributed by atoms with Crippen LogP contribution in [-0.4, -0.2) is 40.2 Å². The summed E-state index contributed by atoms with van der Waals surface area (Å²) in [5.41, 5.74) is 2.42. The largest absolute Gasteiger partial charge is 0.465 e. The van der Waals surface area contributed by atoms with Crippen molar-refractivity contribution < 1.29 is 22.7 Å². The van der Waals surface area contributed by atoms with E-state index in [1.807, 2.05) is 19.1 Å². The van der Waals surface area contributed by atoms with Crippen LogP contribution in [0.4, 0.5) is 11.4 Å². The minimum Gasteiger partial charge on any atom is -0.465 e. The first-order valence-corrected chi connectivity index (χ1v) is 10.6. The summed E-state index contributed by atoms with van der Waals surface area (Å²) < 4.78 is 30.1. The molecule has 0 aromatic heterocycles. The lowest BCUT2D eigenvalue weighted by atomic mass is 10.2. The van der Waals surface area contributed by atoms with Crippen LogP contribution in [-0.2, 0) is 19.6 Å². The Labute approximate surface area is 165 Å². The van der Waals surface area contributed by atoms with Gasteiger partial charge >= 0.3 is 5.97 Å². The van der Waals surface area contributed by atoms with Crippen molar-refractivity contribution in [3.8, 4) is 0 Å². The van der Waals surface area contributed by atoms with Gasteiger partial charge in [0, 0.05) is 18.7 Å². The molecule has 7 nitrogen and oxygen atoms in total. The highest BCUT2D eigenvalue weighted by Gasteiger charge is 2.17. The van der Waals surface area contributed by atoms with Gasteiger partial charge in [0.1, 0.15) is 0 Å². The summed E-state index contributed by atoms with van der Waals surface area (Å²) in [6.07, 6.45) is 1.63. The number of hydrogen-bond donors (Lipinski definition) is 1. The molecule has 0 spiro atoms. The smallest absolute Gasteiger partial charge is 0.337 e. The number of anilines is 2. The maximum Gasteiger partial charge on any atom is 0.337 e. The molecule has 0 unspecified atom stereocenters. The lowest BCUT2D eigenvalue weighted by molar-refractivity contribution is -0.116. The summed E-state index contributed by atoms with van der Waals surface area (Å²) in [5.74, 6) is -0.752. The van der Waals surface area contributed by atoms with Crippen LogP contribution in [0, 0.1) is 6.92 Å². The van der Waals surface area contributed by atoms with Crippen LogP contribution in [0.2, 0.25) is 0 Å². The number of methoxy groups -OCH3 is 1. The van der Waals surface area contributed by atoms with Crippen LogP contribution in [0.5, 0.6) is 0 Å². The van der Waals surface area contributed by atoms with Gasteiger partial charge in [-0.15, -0.1) is 0 Å². The Kier molecular flexibility index (Phi) is 7.17. The lowest BCUT2D eigenvalue weighted by Crippen LogP contribution is -2.31. The minimum atomic E-state index is -3.46. The number of nitrogens with zero attached hydrogens (tertiary/aromatic N) is 1. The van der Waals surface area contributed by atoms with Crippen LogP contribution >= 0.6 is 0 Å². The Hall–Kier alpha value is -2.87. The van der Waals surface area contributed by atoms with Gasteiger partial charge < -0.3 is 10.1 Å². The number of carbonyl (C=O) groups is 2. The number of aryl methyl sites for hydroxylation is 1. The number of benzene rings is 2. The zero-order chi connectivity index (χ0) is 20.7. The van der Waals surface area contributed by atoms with E-state index >= 15 is 0 Å². The molecule has 0 aliphatic heterocycles. The maximum atomic E-state index is 12.2. The summed E-state index contributed by atoms with van der Waals surface area (Å²) in [7, 11) is -2.17. The van der Waals surface area contributed by atoms with Crippen molar-refractivity contribution in [1.29, 1.82) is 0 Å². The van der Waals surface area contributed by atoms with E-state index in [0.29, 0.717) is 23.4 Å². The molecule has 0 saturated carbocycles. The first kappa shape index (κ1) is 21.4. The number of carbonyl (C=O) groups excluding carboxylic acids is 2. The molecule has 0 heterocycles. The standard InChI is InChI=1S/C20H24N2O5S/c1-15-9-11-18(12-10-15)22(28(3,25)26)13-5-8-19(23)21-17-7-4-6-16(14-17)20(24)27-2/h4,6-7,9-12,14H,5,8,13H2,1-3H3,(H,21,23). The Bertz CT molecular complexity index is 939. The topological polar surface area (TPSA) is 92.8 Å². The number of hydrogen-bond acceptors (Lipinski definition) is 5. The van der Waals surface area contributed by atoms with E-state index in [2.05, 4.69) is 10.1 Å². The van der Waals surface area contributed by atoms with E-state index in [4.69, 9.17) is 0 Å². The third kappa shape index (κ3) is 6.09. The summed E-state index contributed by atoms with van der Waals surface area (Å²) in [6, 6.07) is 13.6. The van der Waals surface area contributed by atoms with E-state index in [1.165, 1.54) is 17.5 Å². The van der Waals surface area contributed by atoms with Crippen LogP contribution in [0.25, 0.3) is 0 Å². The molecule has 0 aliphatic rings. The fourth-order valence-electron chi connectivity index (χ4n) is 2.65. The molecule has 0 radical (unpaired) electrons. The second-order valence-corrected chi connectivity index (χ2v) is 8.30. The van der Waals surface area contributed by atoms with Crippen LogP contribution in [0.1, 0.15) is 28.8 Å². The van der Waals surface area contributed by atoms with Crippen molar-refractivity contribution in [2.45, 2.75) is 19.8 Å². The fraction of sp³-hybridized carbons (Fsp3) is 0.300. The highest BCUT2D eigenvalue weighted by molar-refractivity contribution is 7.92. The number of ether oxygens (including phenoxy) is 1. The van der Waals surface area contributed by atoms with E-state index in [0.717, 1.165) is 11.8 Å². The molecule has 8 heteroatoms. The Morgan fingerprint density at radius 2 is 1.79 bits per heavy atom.